The number of carbonyl (C=O) groups is 1. The topological polar surface area (TPSA) is 48.4 Å². The van der Waals surface area contributed by atoms with E-state index >= 15 is 0 Å². The van der Waals surface area contributed by atoms with Gasteiger partial charge in [-0.2, -0.15) is 0 Å². The van der Waals surface area contributed by atoms with E-state index in [1.807, 2.05) is 30.3 Å². The Hall–Kier alpha value is -2.20. The molecule has 1 aromatic carbocycles. The van der Waals surface area contributed by atoms with Gasteiger partial charge in [0.15, 0.2) is 6.29 Å². The van der Waals surface area contributed by atoms with E-state index in [0.717, 1.165) is 11.8 Å². The average Bonchev–Trinajstić information content (AvgIpc) is 2.48. The Labute approximate surface area is 112 Å². The van der Waals surface area contributed by atoms with Crippen molar-refractivity contribution in [1.82, 2.24) is 4.98 Å². The molecule has 0 aliphatic carbocycles. The molecule has 0 spiro atoms. The van der Waals surface area contributed by atoms with Crippen LogP contribution in [0.2, 0.25) is 0 Å². The highest BCUT2D eigenvalue weighted by Crippen LogP contribution is 2.13. The van der Waals surface area contributed by atoms with E-state index in [1.165, 1.54) is 6.20 Å². The molecule has 0 fully saturated rings. The Kier molecular flexibility index (Phi) is 5.07. The molecule has 0 aliphatic heterocycles. The molecule has 4 nitrogen and oxygen atoms in total. The number of hydrogen-bond donors (Lipinski definition) is 0. The molecule has 0 N–H and O–H groups in total. The van der Waals surface area contributed by atoms with Crippen LogP contribution in [-0.4, -0.2) is 24.5 Å². The second-order valence-electron chi connectivity index (χ2n) is 3.92. The summed E-state index contributed by atoms with van der Waals surface area (Å²) in [6.45, 7) is 1.42. The predicted molar refractivity (Wildman–Crippen MR) is 71.2 cm³/mol. The van der Waals surface area contributed by atoms with Crippen molar-refractivity contribution in [2.24, 2.45) is 0 Å². The first kappa shape index (κ1) is 13.2. The van der Waals surface area contributed by atoms with Crippen LogP contribution in [0.1, 0.15) is 15.9 Å². The van der Waals surface area contributed by atoms with Gasteiger partial charge in [0.25, 0.3) is 0 Å². The van der Waals surface area contributed by atoms with E-state index < -0.39 is 0 Å². The van der Waals surface area contributed by atoms with Crippen LogP contribution < -0.4 is 4.74 Å². The van der Waals surface area contributed by atoms with Gasteiger partial charge in [-0.3, -0.25) is 9.78 Å². The molecule has 0 saturated carbocycles. The fourth-order valence-corrected chi connectivity index (χ4v) is 1.59. The number of benzene rings is 1. The summed E-state index contributed by atoms with van der Waals surface area (Å²) in [5, 5.41) is 0. The Morgan fingerprint density at radius 2 is 1.95 bits per heavy atom. The van der Waals surface area contributed by atoms with Gasteiger partial charge in [-0.25, -0.2) is 0 Å². The largest absolute Gasteiger partial charge is 0.490 e. The number of ether oxygens (including phenoxy) is 2. The third-order valence-electron chi connectivity index (χ3n) is 2.53. The molecule has 2 rings (SSSR count). The van der Waals surface area contributed by atoms with E-state index in [0.29, 0.717) is 31.1 Å². The quantitative estimate of drug-likeness (QED) is 0.565. The zero-order valence-electron chi connectivity index (χ0n) is 10.5. The minimum Gasteiger partial charge on any atom is -0.490 e. The van der Waals surface area contributed by atoms with Crippen LogP contribution in [0, 0.1) is 0 Å². The summed E-state index contributed by atoms with van der Waals surface area (Å²) in [7, 11) is 0. The molecule has 98 valence electrons. The van der Waals surface area contributed by atoms with E-state index in [1.54, 1.807) is 12.3 Å². The second kappa shape index (κ2) is 7.28. The van der Waals surface area contributed by atoms with Crippen LogP contribution in [0.5, 0.6) is 5.75 Å². The summed E-state index contributed by atoms with van der Waals surface area (Å²) >= 11 is 0. The van der Waals surface area contributed by atoms with Crippen LogP contribution in [0.3, 0.4) is 0 Å². The van der Waals surface area contributed by atoms with Crippen molar-refractivity contribution >= 4 is 6.29 Å². The van der Waals surface area contributed by atoms with Crippen molar-refractivity contribution in [2.75, 3.05) is 13.2 Å². The molecular formula is C15H15NO3. The summed E-state index contributed by atoms with van der Waals surface area (Å²) in [5.74, 6) is 0.535. The fraction of sp³-hybridized carbons (Fsp3) is 0.200. The fourth-order valence-electron chi connectivity index (χ4n) is 1.59. The maximum Gasteiger partial charge on any atom is 0.155 e. The van der Waals surface area contributed by atoms with E-state index in [2.05, 4.69) is 4.98 Å². The molecule has 0 aliphatic rings. The zero-order valence-corrected chi connectivity index (χ0v) is 10.5. The number of rotatable bonds is 7. The van der Waals surface area contributed by atoms with Gasteiger partial charge in [0.2, 0.25) is 0 Å². The molecule has 0 bridgehead atoms. The highest BCUT2D eigenvalue weighted by molar-refractivity contribution is 5.78. The molecule has 4 heteroatoms. The summed E-state index contributed by atoms with van der Waals surface area (Å²) in [6, 6.07) is 11.6. The lowest BCUT2D eigenvalue weighted by molar-refractivity contribution is 0.0882. The molecule has 2 aromatic rings. The third-order valence-corrected chi connectivity index (χ3v) is 2.53. The standard InChI is InChI=1S/C15H15NO3/c17-11-14-10-16-7-6-15(14)19-9-8-18-12-13-4-2-1-3-5-13/h1-7,10-11H,8-9,12H2. The van der Waals surface area contributed by atoms with Gasteiger partial charge < -0.3 is 9.47 Å². The van der Waals surface area contributed by atoms with Gasteiger partial charge in [-0.1, -0.05) is 30.3 Å². The van der Waals surface area contributed by atoms with Crippen LogP contribution in [0.25, 0.3) is 0 Å². The summed E-state index contributed by atoms with van der Waals surface area (Å²) < 4.78 is 11.0. The number of aromatic nitrogens is 1. The summed E-state index contributed by atoms with van der Waals surface area (Å²) in [5.41, 5.74) is 1.57. The maximum absolute atomic E-state index is 10.7. The lowest BCUT2D eigenvalue weighted by Gasteiger charge is -2.08. The number of hydrogen-bond acceptors (Lipinski definition) is 4. The van der Waals surface area contributed by atoms with Crippen molar-refractivity contribution in [1.29, 1.82) is 0 Å². The number of nitrogens with zero attached hydrogens (tertiary/aromatic N) is 1. The maximum atomic E-state index is 10.7. The Morgan fingerprint density at radius 1 is 1.11 bits per heavy atom. The van der Waals surface area contributed by atoms with Gasteiger partial charge in [0.1, 0.15) is 12.4 Å². The monoisotopic (exact) mass is 257 g/mol. The number of aldehydes is 1. The molecule has 0 amide bonds. The molecule has 19 heavy (non-hydrogen) atoms. The molecular weight excluding hydrogens is 242 g/mol. The van der Waals surface area contributed by atoms with E-state index in [4.69, 9.17) is 9.47 Å². The smallest absolute Gasteiger partial charge is 0.155 e. The van der Waals surface area contributed by atoms with Gasteiger partial charge in [0.05, 0.1) is 18.8 Å². The minimum atomic E-state index is 0.400. The zero-order chi connectivity index (χ0) is 13.3. The highest BCUT2D eigenvalue weighted by atomic mass is 16.5. The molecule has 1 aromatic heterocycles. The first-order valence-corrected chi connectivity index (χ1v) is 6.04. The van der Waals surface area contributed by atoms with Crippen LogP contribution in [-0.2, 0) is 11.3 Å². The normalized spacial score (nSPS) is 10.1. The highest BCUT2D eigenvalue weighted by Gasteiger charge is 2.01. The van der Waals surface area contributed by atoms with Gasteiger partial charge in [-0.05, 0) is 11.6 Å². The third kappa shape index (κ3) is 4.19. The van der Waals surface area contributed by atoms with Crippen molar-refractivity contribution < 1.29 is 14.3 Å². The van der Waals surface area contributed by atoms with Crippen LogP contribution in [0.15, 0.2) is 48.8 Å². The number of carbonyl (C=O) groups excluding carboxylic acids is 1. The molecule has 0 atom stereocenters. The van der Waals surface area contributed by atoms with Gasteiger partial charge in [0, 0.05) is 12.4 Å². The second-order valence-corrected chi connectivity index (χ2v) is 3.92. The van der Waals surface area contributed by atoms with Crippen LogP contribution >= 0.6 is 0 Å². The lowest BCUT2D eigenvalue weighted by atomic mass is 10.2. The van der Waals surface area contributed by atoms with E-state index in [-0.39, 0.29) is 0 Å². The predicted octanol–water partition coefficient (Wildman–Crippen LogP) is 2.49. The van der Waals surface area contributed by atoms with Crippen molar-refractivity contribution in [3.63, 3.8) is 0 Å². The van der Waals surface area contributed by atoms with Gasteiger partial charge >= 0.3 is 0 Å². The van der Waals surface area contributed by atoms with Gasteiger partial charge in [-0.15, -0.1) is 0 Å². The molecule has 0 unspecified atom stereocenters. The average molecular weight is 257 g/mol. The van der Waals surface area contributed by atoms with Crippen LogP contribution in [0.4, 0.5) is 0 Å². The summed E-state index contributed by atoms with van der Waals surface area (Å²) in [6.07, 6.45) is 3.80. The summed E-state index contributed by atoms with van der Waals surface area (Å²) in [4.78, 5) is 14.6. The molecule has 0 saturated heterocycles. The first-order chi connectivity index (χ1) is 9.40. The minimum absolute atomic E-state index is 0.400. The SMILES string of the molecule is O=Cc1cnccc1OCCOCc1ccccc1. The van der Waals surface area contributed by atoms with Crippen molar-refractivity contribution in [2.45, 2.75) is 6.61 Å². The van der Waals surface area contributed by atoms with Crippen molar-refractivity contribution in [3.05, 3.63) is 59.9 Å². The molecule has 1 heterocycles. The Balaban J connectivity index is 1.71. The Bertz CT molecular complexity index is 514. The lowest BCUT2D eigenvalue weighted by Crippen LogP contribution is -2.08. The van der Waals surface area contributed by atoms with Crippen molar-refractivity contribution in [3.8, 4) is 5.75 Å². The number of pyridine rings is 1. The van der Waals surface area contributed by atoms with E-state index in [9.17, 15) is 4.79 Å². The first-order valence-electron chi connectivity index (χ1n) is 6.04. The molecule has 0 radical (unpaired) electrons. The Morgan fingerprint density at radius 3 is 2.74 bits per heavy atom.